The van der Waals surface area contributed by atoms with Crippen LogP contribution in [0.5, 0.6) is 0 Å². The molecule has 0 aromatic carbocycles. The Morgan fingerprint density at radius 1 is 1.19 bits per heavy atom. The van der Waals surface area contributed by atoms with Gasteiger partial charge in [0.05, 0.1) is 16.9 Å². The van der Waals surface area contributed by atoms with Gasteiger partial charge in [-0.3, -0.25) is 9.59 Å². The zero-order valence-electron chi connectivity index (χ0n) is 17.5. The number of unbranched alkanes of at least 4 members (excludes halogenated alkanes) is 3. The highest BCUT2D eigenvalue weighted by atomic mass is 32.3. The van der Waals surface area contributed by atoms with Crippen LogP contribution in [0.3, 0.4) is 0 Å². The Labute approximate surface area is 166 Å². The second-order valence-electron chi connectivity index (χ2n) is 9.37. The topological polar surface area (TPSA) is 77.5 Å². The first-order valence-corrected chi connectivity index (χ1v) is 14.2. The van der Waals surface area contributed by atoms with E-state index < -0.39 is 25.8 Å². The van der Waals surface area contributed by atoms with Crippen molar-refractivity contribution in [2.24, 2.45) is 16.7 Å². The second-order valence-corrected chi connectivity index (χ2v) is 14.5. The van der Waals surface area contributed by atoms with Gasteiger partial charge in [0.15, 0.2) is 0 Å². The highest BCUT2D eigenvalue weighted by Gasteiger charge is 2.65. The molecule has 2 fully saturated rings. The first kappa shape index (κ1) is 22.9. The predicted molar refractivity (Wildman–Crippen MR) is 112 cm³/mol. The number of hydrogen-bond acceptors (Lipinski definition) is 5. The summed E-state index contributed by atoms with van der Waals surface area (Å²) in [4.78, 5) is 24.8. The van der Waals surface area contributed by atoms with E-state index in [1.54, 1.807) is 12.5 Å². The number of fused-ring (bicyclic) bond motifs is 2. The van der Waals surface area contributed by atoms with Crippen molar-refractivity contribution in [2.75, 3.05) is 24.0 Å². The van der Waals surface area contributed by atoms with Gasteiger partial charge in [-0.2, -0.15) is 8.42 Å². The Kier molecular flexibility index (Phi) is 6.91. The summed E-state index contributed by atoms with van der Waals surface area (Å²) in [6, 6.07) is 0. The van der Waals surface area contributed by atoms with Crippen LogP contribution in [0.25, 0.3) is 0 Å². The molecule has 0 aromatic rings. The number of rotatable bonds is 11. The Bertz CT molecular complexity index is 680. The van der Waals surface area contributed by atoms with Crippen molar-refractivity contribution in [1.82, 2.24) is 0 Å². The Hall–Kier alpha value is -0.400. The summed E-state index contributed by atoms with van der Waals surface area (Å²) >= 11 is 0. The Balaban J connectivity index is 1.99. The smallest absolute Gasteiger partial charge is 0.277 e. The lowest BCUT2D eigenvalue weighted by Crippen LogP contribution is -2.42. The molecule has 2 atom stereocenters. The summed E-state index contributed by atoms with van der Waals surface area (Å²) in [7, 11) is -5.93. The zero-order valence-corrected chi connectivity index (χ0v) is 19.1. The average Bonchev–Trinajstić information content (AvgIpc) is 2.83. The molecule has 0 radical (unpaired) electrons. The summed E-state index contributed by atoms with van der Waals surface area (Å²) in [5.41, 5.74) is -1.13. The van der Waals surface area contributed by atoms with Crippen LogP contribution in [0.2, 0.25) is 0 Å². The summed E-state index contributed by atoms with van der Waals surface area (Å²) in [5, 5.41) is 0. The molecule has 158 valence electrons. The third-order valence-corrected chi connectivity index (χ3v) is 10.8. The molecule has 0 aromatic heterocycles. The van der Waals surface area contributed by atoms with Gasteiger partial charge in [0, 0.05) is 12.8 Å². The first-order valence-electron chi connectivity index (χ1n) is 10.0. The van der Waals surface area contributed by atoms with E-state index in [1.807, 2.05) is 13.8 Å². The fourth-order valence-electron chi connectivity index (χ4n) is 4.95. The number of Topliss-reactive ketones (excluding diaryl/α,β-unsaturated/α-hetero) is 2. The number of ketones is 2. The molecule has 2 rings (SSSR count). The first-order chi connectivity index (χ1) is 12.4. The Morgan fingerprint density at radius 2 is 1.85 bits per heavy atom. The zero-order chi connectivity index (χ0) is 20.5. The fraction of sp³-hybridized carbons (Fsp3) is 0.900. The van der Waals surface area contributed by atoms with Crippen LogP contribution < -0.4 is 0 Å². The molecular weight excluding hydrogens is 384 g/mol. The lowest BCUT2D eigenvalue weighted by molar-refractivity contribution is -0.128. The lowest BCUT2D eigenvalue weighted by Gasteiger charge is -2.37. The maximum atomic E-state index is 12.8. The highest BCUT2D eigenvalue weighted by molar-refractivity contribution is 8.32. The minimum absolute atomic E-state index is 0.0655. The minimum atomic E-state index is -3.88. The SMILES string of the molecule is CCCCCCC(=O)CS(C)(C)OS(=O)(=O)CC12CCC(CC1=O)C2(C)C. The summed E-state index contributed by atoms with van der Waals surface area (Å²) in [6.07, 6.45) is 10.0. The van der Waals surface area contributed by atoms with Crippen molar-refractivity contribution in [3.05, 3.63) is 0 Å². The van der Waals surface area contributed by atoms with E-state index in [2.05, 4.69) is 6.92 Å². The quantitative estimate of drug-likeness (QED) is 0.467. The van der Waals surface area contributed by atoms with Crippen LogP contribution in [-0.2, 0) is 23.3 Å². The maximum Gasteiger partial charge on any atom is 0.277 e. The molecule has 2 bridgehead atoms. The van der Waals surface area contributed by atoms with E-state index in [0.717, 1.165) is 32.1 Å². The molecule has 0 spiro atoms. The van der Waals surface area contributed by atoms with E-state index in [-0.39, 0.29) is 34.4 Å². The number of carbonyl (C=O) groups is 2. The average molecular weight is 421 g/mol. The van der Waals surface area contributed by atoms with E-state index in [9.17, 15) is 18.0 Å². The van der Waals surface area contributed by atoms with Crippen LogP contribution in [0, 0.1) is 16.7 Å². The predicted octanol–water partition coefficient (Wildman–Crippen LogP) is 4.25. The van der Waals surface area contributed by atoms with Gasteiger partial charge >= 0.3 is 0 Å². The van der Waals surface area contributed by atoms with E-state index >= 15 is 0 Å². The standard InChI is InChI=1S/C20H36O5S2/c1-6-7-8-9-10-17(21)14-26(4,5)25-27(23,24)15-20-12-11-16(13-18(20)22)19(20,2)3/h16H,6-15H2,1-5H3. The van der Waals surface area contributed by atoms with Crippen LogP contribution >= 0.6 is 10.3 Å². The number of hydrogen-bond donors (Lipinski definition) is 0. The molecule has 2 unspecified atom stereocenters. The van der Waals surface area contributed by atoms with E-state index in [1.165, 1.54) is 0 Å². The van der Waals surface area contributed by atoms with Crippen molar-refractivity contribution in [3.8, 4) is 0 Å². The molecule has 27 heavy (non-hydrogen) atoms. The van der Waals surface area contributed by atoms with Gasteiger partial charge in [0.25, 0.3) is 10.1 Å². The molecule has 0 heterocycles. The van der Waals surface area contributed by atoms with Crippen LogP contribution in [-0.4, -0.2) is 44.0 Å². The molecule has 2 aliphatic rings. The fourth-order valence-corrected chi connectivity index (χ4v) is 9.78. The van der Waals surface area contributed by atoms with Gasteiger partial charge in [-0.05, 0) is 43.1 Å². The Morgan fingerprint density at radius 3 is 2.37 bits per heavy atom. The van der Waals surface area contributed by atoms with Crippen LogP contribution in [0.4, 0.5) is 0 Å². The van der Waals surface area contributed by atoms with Crippen molar-refractivity contribution in [2.45, 2.75) is 72.1 Å². The van der Waals surface area contributed by atoms with Gasteiger partial charge < -0.3 is 0 Å². The molecule has 7 heteroatoms. The molecule has 0 amide bonds. The third kappa shape index (κ3) is 4.96. The van der Waals surface area contributed by atoms with E-state index in [0.29, 0.717) is 19.3 Å². The van der Waals surface area contributed by atoms with Crippen molar-refractivity contribution in [1.29, 1.82) is 0 Å². The van der Waals surface area contributed by atoms with Gasteiger partial charge in [-0.15, -0.1) is 10.3 Å². The summed E-state index contributed by atoms with van der Waals surface area (Å²) in [5.74, 6) is 0.313. The third-order valence-electron chi connectivity index (χ3n) is 6.67. The molecular formula is C20H36O5S2. The van der Waals surface area contributed by atoms with Crippen molar-refractivity contribution < 1.29 is 21.6 Å². The van der Waals surface area contributed by atoms with Gasteiger partial charge in [0.2, 0.25) is 0 Å². The largest absolute Gasteiger partial charge is 0.299 e. The van der Waals surface area contributed by atoms with Crippen molar-refractivity contribution in [3.63, 3.8) is 0 Å². The van der Waals surface area contributed by atoms with Crippen molar-refractivity contribution >= 4 is 32.0 Å². The maximum absolute atomic E-state index is 12.8. The van der Waals surface area contributed by atoms with Crippen LogP contribution in [0.15, 0.2) is 0 Å². The normalized spacial score (nSPS) is 27.9. The summed E-state index contributed by atoms with van der Waals surface area (Å²) < 4.78 is 31.2. The summed E-state index contributed by atoms with van der Waals surface area (Å²) in [6.45, 7) is 6.15. The van der Waals surface area contributed by atoms with Gasteiger partial charge in [0.1, 0.15) is 11.6 Å². The molecule has 0 aliphatic heterocycles. The second kappa shape index (κ2) is 8.15. The van der Waals surface area contributed by atoms with Crippen LogP contribution in [0.1, 0.15) is 72.1 Å². The van der Waals surface area contributed by atoms with E-state index in [4.69, 9.17) is 3.63 Å². The van der Waals surface area contributed by atoms with Gasteiger partial charge in [-0.25, -0.2) is 3.63 Å². The molecule has 2 saturated carbocycles. The van der Waals surface area contributed by atoms with Gasteiger partial charge in [-0.1, -0.05) is 40.0 Å². The molecule has 5 nitrogen and oxygen atoms in total. The lowest BCUT2D eigenvalue weighted by atomic mass is 9.70. The highest BCUT2D eigenvalue weighted by Crippen LogP contribution is 2.64. The molecule has 0 N–H and O–H groups in total. The monoisotopic (exact) mass is 420 g/mol. The molecule has 2 aliphatic carbocycles. The molecule has 0 saturated heterocycles. The number of carbonyl (C=O) groups excluding carboxylic acids is 2. The minimum Gasteiger partial charge on any atom is -0.299 e.